The van der Waals surface area contributed by atoms with Crippen molar-refractivity contribution in [3.05, 3.63) is 17.7 Å². The van der Waals surface area contributed by atoms with Gasteiger partial charge in [-0.25, -0.2) is 4.39 Å². The number of phenols is 1. The molecule has 78 valence electrons. The number of hydrogen-bond donors (Lipinski definition) is 1. The lowest BCUT2D eigenvalue weighted by atomic mass is 10.1. The van der Waals surface area contributed by atoms with E-state index in [0.29, 0.717) is 11.3 Å². The van der Waals surface area contributed by atoms with Crippen LogP contribution in [0.2, 0.25) is 0 Å². The molecule has 14 heavy (non-hydrogen) atoms. The second-order valence-electron chi connectivity index (χ2n) is 2.88. The van der Waals surface area contributed by atoms with Gasteiger partial charge in [0.05, 0.1) is 14.2 Å². The van der Waals surface area contributed by atoms with E-state index >= 15 is 0 Å². The van der Waals surface area contributed by atoms with Crippen LogP contribution in [-0.2, 0) is 0 Å². The standard InChI is InChI=1S/C10H13FO3/c1-6(11)7-4-10(14-3)8(12)5-9(7)13-2/h4-6,12H,1-3H3. The molecule has 4 heteroatoms. The molecule has 0 heterocycles. The third kappa shape index (κ3) is 1.89. The Morgan fingerprint density at radius 2 is 1.79 bits per heavy atom. The lowest BCUT2D eigenvalue weighted by molar-refractivity contribution is 0.334. The van der Waals surface area contributed by atoms with E-state index in [1.165, 1.54) is 33.3 Å². The molecule has 1 aromatic carbocycles. The highest BCUT2D eigenvalue weighted by atomic mass is 19.1. The highest BCUT2D eigenvalue weighted by molar-refractivity contribution is 5.50. The number of ether oxygens (including phenoxy) is 2. The van der Waals surface area contributed by atoms with Crippen LogP contribution in [0.4, 0.5) is 4.39 Å². The van der Waals surface area contributed by atoms with Gasteiger partial charge in [-0.3, -0.25) is 0 Å². The number of aromatic hydroxyl groups is 1. The minimum Gasteiger partial charge on any atom is -0.504 e. The maximum atomic E-state index is 13.1. The first-order valence-electron chi connectivity index (χ1n) is 4.19. The maximum absolute atomic E-state index is 13.1. The Labute approximate surface area is 82.1 Å². The highest BCUT2D eigenvalue weighted by Crippen LogP contribution is 2.37. The van der Waals surface area contributed by atoms with Crippen LogP contribution in [0, 0.1) is 0 Å². The van der Waals surface area contributed by atoms with Crippen LogP contribution in [-0.4, -0.2) is 19.3 Å². The van der Waals surface area contributed by atoms with Gasteiger partial charge in [-0.05, 0) is 13.0 Å². The zero-order valence-electron chi connectivity index (χ0n) is 8.37. The van der Waals surface area contributed by atoms with Crippen molar-refractivity contribution in [1.29, 1.82) is 0 Å². The minimum atomic E-state index is -1.17. The van der Waals surface area contributed by atoms with Gasteiger partial charge in [0, 0.05) is 11.6 Å². The van der Waals surface area contributed by atoms with Crippen molar-refractivity contribution in [1.82, 2.24) is 0 Å². The van der Waals surface area contributed by atoms with Gasteiger partial charge in [-0.15, -0.1) is 0 Å². The zero-order chi connectivity index (χ0) is 10.7. The molecule has 0 saturated carbocycles. The molecule has 1 aromatic rings. The first-order valence-corrected chi connectivity index (χ1v) is 4.19. The van der Waals surface area contributed by atoms with Crippen LogP contribution in [0.1, 0.15) is 18.7 Å². The Kier molecular flexibility index (Phi) is 3.17. The van der Waals surface area contributed by atoms with Crippen molar-refractivity contribution in [2.45, 2.75) is 13.1 Å². The van der Waals surface area contributed by atoms with E-state index in [1.807, 2.05) is 0 Å². The van der Waals surface area contributed by atoms with E-state index in [1.54, 1.807) is 0 Å². The van der Waals surface area contributed by atoms with Crippen molar-refractivity contribution < 1.29 is 19.0 Å². The second kappa shape index (κ2) is 4.17. The van der Waals surface area contributed by atoms with E-state index in [4.69, 9.17) is 9.47 Å². The molecule has 0 aliphatic carbocycles. The van der Waals surface area contributed by atoms with E-state index in [-0.39, 0.29) is 11.5 Å². The Morgan fingerprint density at radius 1 is 1.21 bits per heavy atom. The summed E-state index contributed by atoms with van der Waals surface area (Å²) in [6.07, 6.45) is -1.17. The topological polar surface area (TPSA) is 38.7 Å². The average Bonchev–Trinajstić information content (AvgIpc) is 2.16. The van der Waals surface area contributed by atoms with Gasteiger partial charge in [0.15, 0.2) is 11.5 Å². The Morgan fingerprint density at radius 3 is 2.21 bits per heavy atom. The van der Waals surface area contributed by atoms with Crippen molar-refractivity contribution >= 4 is 0 Å². The Bertz CT molecular complexity index is 323. The van der Waals surface area contributed by atoms with Crippen molar-refractivity contribution in [3.63, 3.8) is 0 Å². The Balaban J connectivity index is 3.25. The molecule has 0 spiro atoms. The summed E-state index contributed by atoms with van der Waals surface area (Å²) < 4.78 is 22.9. The van der Waals surface area contributed by atoms with E-state index in [9.17, 15) is 9.50 Å². The molecule has 0 aromatic heterocycles. The minimum absolute atomic E-state index is 0.0613. The third-order valence-corrected chi connectivity index (χ3v) is 1.96. The molecular weight excluding hydrogens is 187 g/mol. The van der Waals surface area contributed by atoms with E-state index in [0.717, 1.165) is 0 Å². The monoisotopic (exact) mass is 200 g/mol. The third-order valence-electron chi connectivity index (χ3n) is 1.96. The SMILES string of the molecule is COc1cc(C(C)F)c(OC)cc1O. The molecule has 0 fully saturated rings. The van der Waals surface area contributed by atoms with Crippen LogP contribution >= 0.6 is 0 Å². The Hall–Kier alpha value is -1.45. The number of rotatable bonds is 3. The smallest absolute Gasteiger partial charge is 0.161 e. The van der Waals surface area contributed by atoms with Gasteiger partial charge in [0.1, 0.15) is 11.9 Å². The quantitative estimate of drug-likeness (QED) is 0.814. The van der Waals surface area contributed by atoms with Gasteiger partial charge >= 0.3 is 0 Å². The zero-order valence-corrected chi connectivity index (χ0v) is 8.37. The van der Waals surface area contributed by atoms with Gasteiger partial charge in [-0.2, -0.15) is 0 Å². The fraction of sp³-hybridized carbons (Fsp3) is 0.400. The fourth-order valence-corrected chi connectivity index (χ4v) is 1.22. The molecule has 1 rings (SSSR count). The van der Waals surface area contributed by atoms with Crippen LogP contribution in [0.5, 0.6) is 17.2 Å². The lowest BCUT2D eigenvalue weighted by Gasteiger charge is -2.12. The van der Waals surface area contributed by atoms with Gasteiger partial charge < -0.3 is 14.6 Å². The molecule has 0 aliphatic rings. The van der Waals surface area contributed by atoms with Gasteiger partial charge in [0.25, 0.3) is 0 Å². The van der Waals surface area contributed by atoms with Crippen LogP contribution < -0.4 is 9.47 Å². The number of halogens is 1. The summed E-state index contributed by atoms with van der Waals surface area (Å²) in [4.78, 5) is 0. The first-order chi connectivity index (χ1) is 6.60. The predicted molar refractivity (Wildman–Crippen MR) is 50.7 cm³/mol. The number of methoxy groups -OCH3 is 2. The van der Waals surface area contributed by atoms with Crippen molar-refractivity contribution in [2.24, 2.45) is 0 Å². The summed E-state index contributed by atoms with van der Waals surface area (Å²) in [5.41, 5.74) is 0.363. The highest BCUT2D eigenvalue weighted by Gasteiger charge is 2.14. The molecule has 0 radical (unpaired) electrons. The molecular formula is C10H13FO3. The van der Waals surface area contributed by atoms with Crippen LogP contribution in [0.15, 0.2) is 12.1 Å². The summed E-state index contributed by atoms with van der Waals surface area (Å²) >= 11 is 0. The number of hydrogen-bond acceptors (Lipinski definition) is 3. The van der Waals surface area contributed by atoms with Crippen LogP contribution in [0.3, 0.4) is 0 Å². The number of alkyl halides is 1. The summed E-state index contributed by atoms with van der Waals surface area (Å²) in [5, 5.41) is 9.40. The molecule has 0 aliphatic heterocycles. The van der Waals surface area contributed by atoms with E-state index < -0.39 is 6.17 Å². The molecule has 0 amide bonds. The first kappa shape index (κ1) is 10.6. The van der Waals surface area contributed by atoms with Gasteiger partial charge in [-0.1, -0.05) is 0 Å². The fourth-order valence-electron chi connectivity index (χ4n) is 1.22. The second-order valence-corrected chi connectivity index (χ2v) is 2.88. The average molecular weight is 200 g/mol. The normalized spacial score (nSPS) is 12.3. The molecule has 0 bridgehead atoms. The lowest BCUT2D eigenvalue weighted by Crippen LogP contribution is -1.95. The van der Waals surface area contributed by atoms with Crippen LogP contribution in [0.25, 0.3) is 0 Å². The maximum Gasteiger partial charge on any atom is 0.161 e. The predicted octanol–water partition coefficient (Wildman–Crippen LogP) is 2.44. The molecule has 1 N–H and O–H groups in total. The molecule has 1 atom stereocenters. The number of benzene rings is 1. The van der Waals surface area contributed by atoms with Crippen molar-refractivity contribution in [2.75, 3.05) is 14.2 Å². The molecule has 0 saturated heterocycles. The summed E-state index contributed by atoms with van der Waals surface area (Å²) in [5.74, 6) is 0.498. The summed E-state index contributed by atoms with van der Waals surface area (Å²) in [6, 6.07) is 2.77. The van der Waals surface area contributed by atoms with E-state index in [2.05, 4.69) is 0 Å². The van der Waals surface area contributed by atoms with Crippen molar-refractivity contribution in [3.8, 4) is 17.2 Å². The van der Waals surface area contributed by atoms with Gasteiger partial charge in [0.2, 0.25) is 0 Å². The summed E-state index contributed by atoms with van der Waals surface area (Å²) in [6.45, 7) is 1.40. The summed E-state index contributed by atoms with van der Waals surface area (Å²) in [7, 11) is 2.83. The molecule has 1 unspecified atom stereocenters. The number of phenolic OH excluding ortho intramolecular Hbond substituents is 1. The molecule has 3 nitrogen and oxygen atoms in total. The largest absolute Gasteiger partial charge is 0.504 e.